The normalized spacial score (nSPS) is 18.1. The largest absolute Gasteiger partial charge is 0.324 e. The molecule has 8 rings (SSSR count). The summed E-state index contributed by atoms with van der Waals surface area (Å²) in [6.45, 7) is 0. The van der Waals surface area contributed by atoms with Crippen LogP contribution >= 0.6 is 0 Å². The van der Waals surface area contributed by atoms with Crippen LogP contribution in [-0.4, -0.2) is 17.5 Å². The van der Waals surface area contributed by atoms with E-state index in [0.717, 1.165) is 16.8 Å². The van der Waals surface area contributed by atoms with Crippen molar-refractivity contribution in [2.24, 2.45) is 0 Å². The highest BCUT2D eigenvalue weighted by atomic mass is 16.2. The molecule has 1 N–H and O–H groups in total. The number of para-hydroxylation sites is 2. The minimum atomic E-state index is -1.56. The van der Waals surface area contributed by atoms with Crippen molar-refractivity contribution >= 4 is 40.2 Å². The summed E-state index contributed by atoms with van der Waals surface area (Å²) in [6.07, 6.45) is 0. The predicted molar refractivity (Wildman–Crippen MR) is 141 cm³/mol. The van der Waals surface area contributed by atoms with Crippen LogP contribution in [0, 0.1) is 0 Å². The molecule has 0 saturated carbocycles. The van der Waals surface area contributed by atoms with E-state index >= 15 is 0 Å². The lowest BCUT2D eigenvalue weighted by atomic mass is 9.65. The van der Waals surface area contributed by atoms with Gasteiger partial charge in [-0.1, -0.05) is 84.9 Å². The van der Waals surface area contributed by atoms with Crippen LogP contribution in [0.25, 0.3) is 11.4 Å². The predicted octanol–water partition coefficient (Wildman–Crippen LogP) is 5.61. The van der Waals surface area contributed by atoms with Crippen LogP contribution in [0.4, 0.5) is 11.4 Å². The van der Waals surface area contributed by atoms with E-state index in [4.69, 9.17) is 0 Å². The van der Waals surface area contributed by atoms with Gasteiger partial charge in [0, 0.05) is 50.3 Å². The van der Waals surface area contributed by atoms with Crippen molar-refractivity contribution < 1.29 is 14.4 Å². The molecule has 0 fully saturated rings. The average molecular weight is 479 g/mol. The summed E-state index contributed by atoms with van der Waals surface area (Å²) >= 11 is 0. The molecule has 2 heterocycles. The van der Waals surface area contributed by atoms with Crippen LogP contribution in [-0.2, 0) is 10.2 Å². The number of rotatable bonds is 1. The first-order valence-electron chi connectivity index (χ1n) is 12.2. The van der Waals surface area contributed by atoms with Crippen molar-refractivity contribution in [2.75, 3.05) is 10.2 Å². The van der Waals surface area contributed by atoms with Crippen molar-refractivity contribution in [3.8, 4) is 0 Å². The van der Waals surface area contributed by atoms with E-state index in [-0.39, 0.29) is 17.5 Å². The van der Waals surface area contributed by atoms with Crippen LogP contribution in [0.15, 0.2) is 114 Å². The number of hydrogen-bond acceptors (Lipinski definition) is 4. The monoisotopic (exact) mass is 478 g/mol. The maximum Gasteiger partial charge on any atom is 0.244 e. The molecular formula is C32H18N2O3. The third kappa shape index (κ3) is 2.23. The standard InChI is InChI=1S/C32H18N2O3/c35-29-21-14-6-4-12-19(21)27-25(29)32(23-16-8-9-17-24(23)33-31(32)37)26-28(34(27)18-10-2-1-3-11-18)20-13-5-7-15-22(20)30(26)36/h1-17H,(H,33,37). The lowest BCUT2D eigenvalue weighted by Gasteiger charge is -2.41. The zero-order valence-electron chi connectivity index (χ0n) is 19.5. The Bertz CT molecular complexity index is 1730. The highest BCUT2D eigenvalue weighted by Gasteiger charge is 2.64. The first-order chi connectivity index (χ1) is 18.1. The van der Waals surface area contributed by atoms with Gasteiger partial charge in [0.2, 0.25) is 5.91 Å². The van der Waals surface area contributed by atoms with Gasteiger partial charge in [0.15, 0.2) is 11.6 Å². The van der Waals surface area contributed by atoms with Gasteiger partial charge in [0.05, 0.1) is 11.4 Å². The zero-order chi connectivity index (χ0) is 24.9. The quantitative estimate of drug-likeness (QED) is 0.386. The Morgan fingerprint density at radius 1 is 0.541 bits per heavy atom. The molecule has 5 nitrogen and oxygen atoms in total. The van der Waals surface area contributed by atoms with Crippen molar-refractivity contribution in [2.45, 2.75) is 5.41 Å². The third-order valence-corrected chi connectivity index (χ3v) is 7.91. The molecule has 4 aliphatic rings. The average Bonchev–Trinajstić information content (AvgIpc) is 3.52. The van der Waals surface area contributed by atoms with Gasteiger partial charge in [-0.2, -0.15) is 0 Å². The number of anilines is 2. The fourth-order valence-electron chi connectivity index (χ4n) is 6.52. The van der Waals surface area contributed by atoms with Crippen molar-refractivity contribution in [1.29, 1.82) is 0 Å². The number of ketones is 2. The van der Waals surface area contributed by atoms with E-state index in [1.165, 1.54) is 0 Å². The summed E-state index contributed by atoms with van der Waals surface area (Å²) in [6, 6.07) is 32.0. The van der Waals surface area contributed by atoms with Gasteiger partial charge >= 0.3 is 0 Å². The van der Waals surface area contributed by atoms with Crippen LogP contribution in [0.2, 0.25) is 0 Å². The lowest BCUT2D eigenvalue weighted by Crippen LogP contribution is -2.47. The number of nitrogens with one attached hydrogen (secondary N) is 1. The fraction of sp³-hybridized carbons (Fsp3) is 0.0312. The second kappa shape index (κ2) is 6.80. The van der Waals surface area contributed by atoms with Crippen LogP contribution in [0.1, 0.15) is 37.4 Å². The van der Waals surface area contributed by atoms with Crippen LogP contribution in [0.5, 0.6) is 0 Å². The molecule has 0 unspecified atom stereocenters. The van der Waals surface area contributed by atoms with Gasteiger partial charge < -0.3 is 10.2 Å². The summed E-state index contributed by atoms with van der Waals surface area (Å²) in [5.74, 6) is -0.828. The second-order valence-electron chi connectivity index (χ2n) is 9.62. The first-order valence-corrected chi connectivity index (χ1v) is 12.2. The second-order valence-corrected chi connectivity index (χ2v) is 9.62. The van der Waals surface area contributed by atoms with Crippen LogP contribution in [0.3, 0.4) is 0 Å². The molecule has 2 aliphatic heterocycles. The van der Waals surface area contributed by atoms with Crippen LogP contribution < -0.4 is 10.2 Å². The molecule has 0 atom stereocenters. The number of amides is 1. The highest BCUT2D eigenvalue weighted by Crippen LogP contribution is 2.62. The SMILES string of the molecule is O=C1C2=C(c3ccccc31)N(c1ccccc1)C1=C(C(=O)c3ccccc31)C21C(=O)Nc2ccccc21. The van der Waals surface area contributed by atoms with Crippen molar-refractivity contribution in [3.05, 3.63) is 142 Å². The van der Waals surface area contributed by atoms with Gasteiger partial charge in [-0.05, 0) is 18.2 Å². The Kier molecular flexibility index (Phi) is 3.71. The molecule has 0 bridgehead atoms. The molecule has 0 saturated heterocycles. The molecule has 1 amide bonds. The van der Waals surface area contributed by atoms with Gasteiger partial charge in [0.25, 0.3) is 0 Å². The van der Waals surface area contributed by atoms with Gasteiger partial charge in [-0.25, -0.2) is 0 Å². The summed E-state index contributed by atoms with van der Waals surface area (Å²) < 4.78 is 0. The highest BCUT2D eigenvalue weighted by molar-refractivity contribution is 6.39. The minimum absolute atomic E-state index is 0.228. The molecule has 0 radical (unpaired) electrons. The number of hydrogen-bond donors (Lipinski definition) is 1. The lowest BCUT2D eigenvalue weighted by molar-refractivity contribution is -0.118. The molecule has 1 spiro atoms. The Morgan fingerprint density at radius 2 is 1.03 bits per heavy atom. The fourth-order valence-corrected chi connectivity index (χ4v) is 6.52. The number of carbonyl (C=O) groups is 3. The van der Waals surface area contributed by atoms with E-state index in [9.17, 15) is 14.4 Å². The zero-order valence-corrected chi connectivity index (χ0v) is 19.5. The minimum Gasteiger partial charge on any atom is -0.324 e. The van der Waals surface area contributed by atoms with Crippen molar-refractivity contribution in [3.63, 3.8) is 0 Å². The first kappa shape index (κ1) is 20.2. The topological polar surface area (TPSA) is 66.5 Å². The van der Waals surface area contributed by atoms with Gasteiger partial charge in [-0.15, -0.1) is 0 Å². The number of carbonyl (C=O) groups excluding carboxylic acids is 3. The molecule has 5 heteroatoms. The summed E-state index contributed by atoms with van der Waals surface area (Å²) in [4.78, 5) is 44.8. The molecule has 174 valence electrons. The third-order valence-electron chi connectivity index (χ3n) is 7.91. The molecular weight excluding hydrogens is 460 g/mol. The molecule has 4 aromatic rings. The molecule has 4 aromatic carbocycles. The summed E-state index contributed by atoms with van der Waals surface area (Å²) in [7, 11) is 0. The van der Waals surface area contributed by atoms with E-state index in [1.807, 2.05) is 95.9 Å². The Morgan fingerprint density at radius 3 is 1.62 bits per heavy atom. The Balaban J connectivity index is 1.59. The van der Waals surface area contributed by atoms with Gasteiger partial charge in [-0.3, -0.25) is 14.4 Å². The molecule has 37 heavy (non-hydrogen) atoms. The maximum atomic E-state index is 14.3. The summed E-state index contributed by atoms with van der Waals surface area (Å²) in [5.41, 5.74) is 5.07. The van der Waals surface area contributed by atoms with E-state index in [1.54, 1.807) is 12.1 Å². The number of Topliss-reactive ketones (excluding diaryl/α,β-unsaturated/α-hetero) is 2. The smallest absolute Gasteiger partial charge is 0.244 e. The number of benzene rings is 4. The number of nitrogens with zero attached hydrogens (tertiary/aromatic N) is 1. The summed E-state index contributed by atoms with van der Waals surface area (Å²) in [5, 5.41) is 3.00. The van der Waals surface area contributed by atoms with Gasteiger partial charge in [0.1, 0.15) is 5.41 Å². The Labute approximate surface area is 212 Å². The Hall–Kier alpha value is -5.03. The van der Waals surface area contributed by atoms with E-state index in [2.05, 4.69) is 5.32 Å². The molecule has 2 aliphatic carbocycles. The maximum absolute atomic E-state index is 14.3. The van der Waals surface area contributed by atoms with E-state index < -0.39 is 5.41 Å². The number of fused-ring (bicyclic) bond motifs is 8. The van der Waals surface area contributed by atoms with E-state index in [0.29, 0.717) is 44.9 Å². The van der Waals surface area contributed by atoms with Crippen molar-refractivity contribution in [1.82, 2.24) is 0 Å². The molecule has 0 aromatic heterocycles.